The second kappa shape index (κ2) is 17.8. The van der Waals surface area contributed by atoms with Crippen molar-refractivity contribution >= 4 is 29.7 Å². The number of rotatable bonds is 9. The van der Waals surface area contributed by atoms with Crippen LogP contribution in [-0.4, -0.2) is 125 Å². The van der Waals surface area contributed by atoms with Crippen molar-refractivity contribution in [2.75, 3.05) is 27.8 Å². The summed E-state index contributed by atoms with van der Waals surface area (Å²) in [6.07, 6.45) is 3.20. The topological polar surface area (TPSA) is 177 Å². The quantitative estimate of drug-likeness (QED) is 0.165. The summed E-state index contributed by atoms with van der Waals surface area (Å²) in [6.45, 7) is 14.2. The monoisotopic (exact) mass is 746 g/mol. The molecule has 4 rings (SSSR count). The van der Waals surface area contributed by atoms with E-state index in [0.29, 0.717) is 12.1 Å². The molecule has 0 saturated carbocycles. The zero-order valence-electron chi connectivity index (χ0n) is 32.9. The molecule has 1 N–H and O–H groups in total. The number of ketones is 1. The van der Waals surface area contributed by atoms with Gasteiger partial charge in [0.05, 0.1) is 23.5 Å². The maximum Gasteiger partial charge on any atom is 0.509 e. The second-order valence-electron chi connectivity index (χ2n) is 15.2. The smallest absolute Gasteiger partial charge is 0.457 e. The van der Waals surface area contributed by atoms with E-state index in [0.717, 1.165) is 5.56 Å². The molecule has 0 unspecified atom stereocenters. The van der Waals surface area contributed by atoms with Gasteiger partial charge in [-0.2, -0.15) is 0 Å². The molecule has 0 spiro atoms. The maximum absolute atomic E-state index is 14.2. The number of hydrogen-bond acceptors (Lipinski definition) is 15. The van der Waals surface area contributed by atoms with Crippen LogP contribution < -0.4 is 0 Å². The zero-order chi connectivity index (χ0) is 39.2. The molecule has 1 aromatic rings. The summed E-state index contributed by atoms with van der Waals surface area (Å²) < 4.78 is 36.6. The van der Waals surface area contributed by atoms with Crippen LogP contribution in [0.4, 0.5) is 4.79 Å². The number of Topliss-reactive ketones (excluding diaryl/α,β-unsaturated/α-hetero) is 1. The average molecular weight is 747 g/mol. The summed E-state index contributed by atoms with van der Waals surface area (Å²) >= 11 is 0. The highest BCUT2D eigenvalue weighted by Crippen LogP contribution is 2.42. The van der Waals surface area contributed by atoms with Crippen LogP contribution in [0.15, 0.2) is 30.0 Å². The predicted molar refractivity (Wildman–Crippen MR) is 193 cm³/mol. The van der Waals surface area contributed by atoms with Gasteiger partial charge in [-0.3, -0.25) is 9.59 Å². The Morgan fingerprint density at radius 3 is 2.36 bits per heavy atom. The van der Waals surface area contributed by atoms with Gasteiger partial charge in [0.2, 0.25) is 0 Å². The third-order valence-electron chi connectivity index (χ3n) is 11.0. The van der Waals surface area contributed by atoms with E-state index in [9.17, 15) is 19.5 Å². The van der Waals surface area contributed by atoms with Crippen LogP contribution in [0.5, 0.6) is 0 Å². The highest BCUT2D eigenvalue weighted by molar-refractivity contribution is 6.00. The van der Waals surface area contributed by atoms with Crippen molar-refractivity contribution in [1.29, 1.82) is 0 Å². The van der Waals surface area contributed by atoms with E-state index in [-0.39, 0.29) is 31.6 Å². The lowest BCUT2D eigenvalue weighted by atomic mass is 9.74. The van der Waals surface area contributed by atoms with Gasteiger partial charge in [-0.25, -0.2) is 14.8 Å². The fourth-order valence-corrected chi connectivity index (χ4v) is 7.97. The lowest BCUT2D eigenvalue weighted by Crippen LogP contribution is -2.59. The standard InChI is InChI=1S/C38H58N4O11/c1-12-28-38(8)33(52-36(46)53-38)23(4)29(41-48-15-13-14-26-18-39-20-40-19-26)21(2)17-37(7,47-11)32(24(5)30(43)25(6)34(45)50-28)51-35-31(44)27(42(9)10)16-22(3)49-35/h13-14,18-25,27-28,31-33,35,44H,12,15-17H2,1-11H3/b14-13+,41-29+/t21-,22-,23+,24+,25-,27+,28-,31-,32-,33-,35+,37-,38-/m1/s1. The largest absolute Gasteiger partial charge is 0.509 e. The Labute approximate surface area is 312 Å². The van der Waals surface area contributed by atoms with Crippen LogP contribution in [0.2, 0.25) is 0 Å². The molecule has 3 fully saturated rings. The third kappa shape index (κ3) is 9.42. The normalized spacial score (nSPS) is 39.7. The average Bonchev–Trinajstić information content (AvgIpc) is 3.44. The first-order chi connectivity index (χ1) is 25.0. The number of likely N-dealkylation sites (N-methyl/N-ethyl adjacent to an activating group) is 1. The van der Waals surface area contributed by atoms with E-state index < -0.39 is 83.5 Å². The summed E-state index contributed by atoms with van der Waals surface area (Å²) in [7, 11) is 5.28. The minimum Gasteiger partial charge on any atom is -0.457 e. The van der Waals surface area contributed by atoms with E-state index in [1.807, 2.05) is 46.7 Å². The lowest BCUT2D eigenvalue weighted by molar-refractivity contribution is -0.295. The first kappa shape index (κ1) is 42.2. The van der Waals surface area contributed by atoms with Crippen molar-refractivity contribution < 1.29 is 52.7 Å². The molecular formula is C38H58N4O11. The van der Waals surface area contributed by atoms with Gasteiger partial charge in [0.15, 0.2) is 23.8 Å². The number of aliphatic hydroxyl groups is 1. The van der Waals surface area contributed by atoms with Crippen LogP contribution in [0.25, 0.3) is 6.08 Å². The van der Waals surface area contributed by atoms with E-state index >= 15 is 0 Å². The van der Waals surface area contributed by atoms with Gasteiger partial charge in [-0.1, -0.05) is 38.9 Å². The Balaban J connectivity index is 1.79. The van der Waals surface area contributed by atoms with Crippen molar-refractivity contribution in [2.24, 2.45) is 28.8 Å². The van der Waals surface area contributed by atoms with Crippen LogP contribution >= 0.6 is 0 Å². The van der Waals surface area contributed by atoms with Gasteiger partial charge in [-0.15, -0.1) is 0 Å². The molecule has 3 saturated heterocycles. The molecule has 3 aliphatic heterocycles. The number of cyclic esters (lactones) is 1. The molecule has 15 heteroatoms. The van der Waals surface area contributed by atoms with E-state index in [1.165, 1.54) is 20.4 Å². The molecule has 4 heterocycles. The van der Waals surface area contributed by atoms with Crippen molar-refractivity contribution in [3.8, 4) is 0 Å². The number of fused-ring (bicyclic) bond motifs is 1. The molecule has 0 aliphatic carbocycles. The van der Waals surface area contributed by atoms with Gasteiger partial charge in [0.25, 0.3) is 0 Å². The Kier molecular flexibility index (Phi) is 14.2. The molecule has 0 aromatic carbocycles. The number of carbonyl (C=O) groups excluding carboxylic acids is 3. The Hall–Kier alpha value is -3.50. The fourth-order valence-electron chi connectivity index (χ4n) is 7.97. The summed E-state index contributed by atoms with van der Waals surface area (Å²) in [5, 5.41) is 16.1. The van der Waals surface area contributed by atoms with Crippen molar-refractivity contribution in [2.45, 2.75) is 129 Å². The van der Waals surface area contributed by atoms with Gasteiger partial charge >= 0.3 is 12.1 Å². The number of methoxy groups -OCH3 is 1. The number of hydrogen-bond donors (Lipinski definition) is 1. The second-order valence-corrected chi connectivity index (χ2v) is 15.2. The summed E-state index contributed by atoms with van der Waals surface area (Å²) in [6, 6.07) is -0.272. The van der Waals surface area contributed by atoms with Gasteiger partial charge < -0.3 is 43.3 Å². The molecule has 0 radical (unpaired) electrons. The Bertz CT molecular complexity index is 1480. The molecule has 53 heavy (non-hydrogen) atoms. The van der Waals surface area contributed by atoms with Gasteiger partial charge in [0.1, 0.15) is 31.1 Å². The molecule has 0 amide bonds. The van der Waals surface area contributed by atoms with Crippen LogP contribution in [0.3, 0.4) is 0 Å². The Morgan fingerprint density at radius 2 is 1.74 bits per heavy atom. The molecule has 0 bridgehead atoms. The van der Waals surface area contributed by atoms with Crippen molar-refractivity contribution in [1.82, 2.24) is 14.9 Å². The predicted octanol–water partition coefficient (Wildman–Crippen LogP) is 4.21. The molecular weight excluding hydrogens is 688 g/mol. The summed E-state index contributed by atoms with van der Waals surface area (Å²) in [5.74, 6) is -4.40. The first-order valence-electron chi connectivity index (χ1n) is 18.4. The van der Waals surface area contributed by atoms with Crippen LogP contribution in [0.1, 0.15) is 80.2 Å². The third-order valence-corrected chi connectivity index (χ3v) is 11.0. The SMILES string of the molecule is CC[C@H]1OC(=O)[C@H](C)C(=O)[C@H](C)[C@@H](O[C@@H]2O[C@H](C)C[C@H](N(C)C)[C@H]2O)[C@](C)(OC)C[C@@H](C)/C(=N\OC/C=C/c2cncnc2)[C@H](C)[C@H]2OC(=O)O[C@@]21C. The van der Waals surface area contributed by atoms with E-state index in [4.69, 9.17) is 33.3 Å². The van der Waals surface area contributed by atoms with Crippen molar-refractivity contribution in [3.63, 3.8) is 0 Å². The van der Waals surface area contributed by atoms with E-state index in [1.54, 1.807) is 45.3 Å². The highest BCUT2D eigenvalue weighted by Gasteiger charge is 2.58. The van der Waals surface area contributed by atoms with Crippen LogP contribution in [0, 0.1) is 23.7 Å². The number of ether oxygens (including phenoxy) is 6. The van der Waals surface area contributed by atoms with Crippen molar-refractivity contribution in [3.05, 3.63) is 30.4 Å². The zero-order valence-corrected chi connectivity index (χ0v) is 32.9. The molecule has 3 aliphatic rings. The molecule has 296 valence electrons. The molecule has 15 nitrogen and oxygen atoms in total. The maximum atomic E-state index is 14.2. The number of aromatic nitrogens is 2. The minimum atomic E-state index is -1.42. The first-order valence-corrected chi connectivity index (χ1v) is 18.4. The number of nitrogens with zero attached hydrogens (tertiary/aromatic N) is 4. The molecule has 1 aromatic heterocycles. The summed E-state index contributed by atoms with van der Waals surface area (Å²) in [4.78, 5) is 56.6. The summed E-state index contributed by atoms with van der Waals surface area (Å²) in [5.41, 5.74) is -1.34. The molecule has 13 atom stereocenters. The number of esters is 1. The van der Waals surface area contributed by atoms with Crippen LogP contribution in [-0.2, 0) is 42.8 Å². The Morgan fingerprint density at radius 1 is 1.06 bits per heavy atom. The fraction of sp³-hybridized carbons (Fsp3) is 0.737. The minimum absolute atomic E-state index is 0.101. The lowest BCUT2D eigenvalue weighted by Gasteiger charge is -2.47. The number of aliphatic hydroxyl groups excluding tert-OH is 1. The van der Waals surface area contributed by atoms with Gasteiger partial charge in [-0.05, 0) is 67.1 Å². The van der Waals surface area contributed by atoms with Gasteiger partial charge in [0, 0.05) is 48.9 Å². The number of carbonyl (C=O) groups is 3. The highest BCUT2D eigenvalue weighted by atomic mass is 16.8. The van der Waals surface area contributed by atoms with E-state index in [2.05, 4.69) is 15.1 Å². The number of oxime groups is 1.